The van der Waals surface area contributed by atoms with Gasteiger partial charge in [-0.15, -0.1) is 0 Å². The SMILES string of the molecule is CCCCCCC/C=C\CCCCCCCC(=O)O[C@H]1CC[C@@]2(C)C(=CC(O)C3C2CC[C@]2(C)C(=O)CCC32)C1. The second-order valence-electron chi connectivity index (χ2n) is 14.1. The molecule has 0 aromatic rings. The van der Waals surface area contributed by atoms with Gasteiger partial charge in [0.15, 0.2) is 0 Å². The van der Waals surface area contributed by atoms with Crippen molar-refractivity contribution < 1.29 is 19.4 Å². The molecule has 4 unspecified atom stereocenters. The summed E-state index contributed by atoms with van der Waals surface area (Å²) in [6, 6.07) is 0. The highest BCUT2D eigenvalue weighted by molar-refractivity contribution is 5.87. The van der Waals surface area contributed by atoms with E-state index in [0.717, 1.165) is 51.4 Å². The molecule has 226 valence electrons. The minimum atomic E-state index is -0.482. The third kappa shape index (κ3) is 7.31. The standard InChI is InChI=1S/C36H58O4/c1-4-5-6-7-8-9-10-11-12-13-14-15-16-17-18-33(39)40-28-21-23-35(2)27(25-28)26-31(37)34-29-19-20-32(38)36(29,3)24-22-30(34)35/h10-11,26,28-31,34,37H,4-9,12-25H2,1-3H3/b11-10-/t28-,29?,30?,31?,34?,35-,36-/m0/s1. The highest BCUT2D eigenvalue weighted by Crippen LogP contribution is 2.64. The molecule has 7 atom stereocenters. The van der Waals surface area contributed by atoms with Crippen molar-refractivity contribution in [2.45, 2.75) is 161 Å². The Bertz CT molecular complexity index is 904. The fourth-order valence-corrected chi connectivity index (χ4v) is 8.90. The lowest BCUT2D eigenvalue weighted by molar-refractivity contribution is -0.152. The van der Waals surface area contributed by atoms with E-state index in [1.165, 1.54) is 69.8 Å². The van der Waals surface area contributed by atoms with Gasteiger partial charge in [-0.3, -0.25) is 9.59 Å². The molecular formula is C36H58O4. The predicted molar refractivity (Wildman–Crippen MR) is 163 cm³/mol. The maximum Gasteiger partial charge on any atom is 0.306 e. The van der Waals surface area contributed by atoms with Gasteiger partial charge in [-0.2, -0.15) is 0 Å². The van der Waals surface area contributed by atoms with Gasteiger partial charge in [0, 0.05) is 24.7 Å². The molecule has 0 saturated heterocycles. The van der Waals surface area contributed by atoms with Crippen molar-refractivity contribution in [1.29, 1.82) is 0 Å². The minimum Gasteiger partial charge on any atom is -0.462 e. The Morgan fingerprint density at radius 3 is 2.25 bits per heavy atom. The van der Waals surface area contributed by atoms with Gasteiger partial charge >= 0.3 is 5.97 Å². The quantitative estimate of drug-likeness (QED) is 0.125. The third-order valence-electron chi connectivity index (χ3n) is 11.5. The number of Topliss-reactive ketones (excluding diaryl/α,β-unsaturated/α-hetero) is 1. The number of fused-ring (bicyclic) bond motifs is 5. The normalized spacial score (nSPS) is 35.2. The Kier molecular flexibility index (Phi) is 11.5. The maximum atomic E-state index is 12.7. The Morgan fingerprint density at radius 1 is 0.900 bits per heavy atom. The van der Waals surface area contributed by atoms with E-state index < -0.39 is 6.10 Å². The second-order valence-corrected chi connectivity index (χ2v) is 14.1. The van der Waals surface area contributed by atoms with E-state index >= 15 is 0 Å². The molecule has 4 heteroatoms. The minimum absolute atomic E-state index is 0.0526. The van der Waals surface area contributed by atoms with Crippen LogP contribution < -0.4 is 0 Å². The number of ketones is 1. The van der Waals surface area contributed by atoms with E-state index in [-0.39, 0.29) is 28.8 Å². The molecule has 3 saturated carbocycles. The fraction of sp³-hybridized carbons (Fsp3) is 0.833. The van der Waals surface area contributed by atoms with E-state index in [1.807, 2.05) is 0 Å². The first-order valence-electron chi connectivity index (χ1n) is 17.1. The summed E-state index contributed by atoms with van der Waals surface area (Å²) in [5.74, 6) is 1.28. The van der Waals surface area contributed by atoms with Crippen LogP contribution in [0.15, 0.2) is 23.8 Å². The number of unbranched alkanes of at least 4 members (excludes halogenated alkanes) is 10. The molecule has 0 aliphatic heterocycles. The van der Waals surface area contributed by atoms with E-state index in [4.69, 9.17) is 4.74 Å². The van der Waals surface area contributed by atoms with Crippen LogP contribution in [0.25, 0.3) is 0 Å². The van der Waals surface area contributed by atoms with E-state index in [1.54, 1.807) is 0 Å². The molecule has 0 spiro atoms. The number of carbonyl (C=O) groups is 2. The average molecular weight is 555 g/mol. The number of allylic oxidation sites excluding steroid dienone is 2. The molecule has 4 nitrogen and oxygen atoms in total. The first-order valence-corrected chi connectivity index (χ1v) is 17.1. The summed E-state index contributed by atoms with van der Waals surface area (Å²) in [5, 5.41) is 11.3. The van der Waals surface area contributed by atoms with Crippen LogP contribution in [-0.2, 0) is 14.3 Å². The number of carbonyl (C=O) groups excluding carboxylic acids is 2. The highest BCUT2D eigenvalue weighted by atomic mass is 16.5. The van der Waals surface area contributed by atoms with Crippen molar-refractivity contribution in [3.8, 4) is 0 Å². The van der Waals surface area contributed by atoms with Gasteiger partial charge in [0.25, 0.3) is 0 Å². The van der Waals surface area contributed by atoms with Crippen LogP contribution >= 0.6 is 0 Å². The number of hydrogen-bond acceptors (Lipinski definition) is 4. The van der Waals surface area contributed by atoms with E-state index in [9.17, 15) is 14.7 Å². The predicted octanol–water partition coefficient (Wildman–Crippen LogP) is 9.05. The number of aliphatic hydroxyl groups excluding tert-OH is 1. The molecule has 0 bridgehead atoms. The fourth-order valence-electron chi connectivity index (χ4n) is 8.90. The maximum absolute atomic E-state index is 12.7. The van der Waals surface area contributed by atoms with Crippen molar-refractivity contribution in [1.82, 2.24) is 0 Å². The number of esters is 1. The van der Waals surface area contributed by atoms with Gasteiger partial charge in [-0.05, 0) is 87.4 Å². The molecule has 0 amide bonds. The zero-order chi connectivity index (χ0) is 28.6. The smallest absolute Gasteiger partial charge is 0.306 e. The summed E-state index contributed by atoms with van der Waals surface area (Å²) in [6.07, 6.45) is 27.9. The molecule has 4 rings (SSSR count). The van der Waals surface area contributed by atoms with Crippen molar-refractivity contribution in [2.24, 2.45) is 28.6 Å². The summed E-state index contributed by atoms with van der Waals surface area (Å²) in [6.45, 7) is 6.80. The zero-order valence-electron chi connectivity index (χ0n) is 25.9. The monoisotopic (exact) mass is 554 g/mol. The van der Waals surface area contributed by atoms with E-state index in [2.05, 4.69) is 39.0 Å². The molecule has 4 aliphatic rings. The van der Waals surface area contributed by atoms with Crippen LogP contribution in [0.5, 0.6) is 0 Å². The van der Waals surface area contributed by atoms with Crippen LogP contribution in [0, 0.1) is 28.6 Å². The Balaban J connectivity index is 1.12. The van der Waals surface area contributed by atoms with Gasteiger partial charge in [0.1, 0.15) is 11.9 Å². The van der Waals surface area contributed by atoms with Crippen molar-refractivity contribution in [2.75, 3.05) is 0 Å². The van der Waals surface area contributed by atoms with Crippen LogP contribution in [0.4, 0.5) is 0 Å². The first-order chi connectivity index (χ1) is 19.3. The van der Waals surface area contributed by atoms with Gasteiger partial charge in [-0.1, -0.05) is 89.5 Å². The average Bonchev–Trinajstić information content (AvgIpc) is 3.23. The topological polar surface area (TPSA) is 63.6 Å². The van der Waals surface area contributed by atoms with Crippen molar-refractivity contribution in [3.63, 3.8) is 0 Å². The summed E-state index contributed by atoms with van der Waals surface area (Å²) in [7, 11) is 0. The van der Waals surface area contributed by atoms with Crippen LogP contribution in [0.3, 0.4) is 0 Å². The highest BCUT2D eigenvalue weighted by Gasteiger charge is 2.60. The summed E-state index contributed by atoms with van der Waals surface area (Å²) < 4.78 is 5.95. The molecule has 0 radical (unpaired) electrons. The van der Waals surface area contributed by atoms with Gasteiger partial charge in [0.05, 0.1) is 6.10 Å². The first kappa shape index (κ1) is 31.5. The largest absolute Gasteiger partial charge is 0.462 e. The van der Waals surface area contributed by atoms with Gasteiger partial charge < -0.3 is 9.84 Å². The van der Waals surface area contributed by atoms with Crippen LogP contribution in [-0.4, -0.2) is 29.1 Å². The zero-order valence-corrected chi connectivity index (χ0v) is 25.9. The number of hydrogen-bond donors (Lipinski definition) is 1. The summed E-state index contributed by atoms with van der Waals surface area (Å²) in [4.78, 5) is 25.3. The number of ether oxygens (including phenoxy) is 1. The Hall–Kier alpha value is -1.42. The van der Waals surface area contributed by atoms with Gasteiger partial charge in [0.2, 0.25) is 0 Å². The molecule has 4 aliphatic carbocycles. The number of rotatable bonds is 15. The lowest BCUT2D eigenvalue weighted by Crippen LogP contribution is -2.54. The number of aliphatic hydroxyl groups is 1. The molecule has 3 fully saturated rings. The lowest BCUT2D eigenvalue weighted by atomic mass is 9.47. The van der Waals surface area contributed by atoms with Crippen molar-refractivity contribution in [3.05, 3.63) is 23.8 Å². The summed E-state index contributed by atoms with van der Waals surface area (Å²) in [5.41, 5.74) is 1.12. The van der Waals surface area contributed by atoms with Gasteiger partial charge in [-0.25, -0.2) is 0 Å². The van der Waals surface area contributed by atoms with Crippen LogP contribution in [0.1, 0.15) is 149 Å². The molecule has 40 heavy (non-hydrogen) atoms. The molecule has 0 aromatic carbocycles. The molecule has 1 N–H and O–H groups in total. The van der Waals surface area contributed by atoms with Crippen molar-refractivity contribution >= 4 is 11.8 Å². The third-order valence-corrected chi connectivity index (χ3v) is 11.5. The Labute approximate surface area is 244 Å². The summed E-state index contributed by atoms with van der Waals surface area (Å²) >= 11 is 0. The molecular weight excluding hydrogens is 496 g/mol. The second kappa shape index (κ2) is 14.7. The molecule has 0 aromatic heterocycles. The molecule has 0 heterocycles. The van der Waals surface area contributed by atoms with Crippen LogP contribution in [0.2, 0.25) is 0 Å². The lowest BCUT2D eigenvalue weighted by Gasteiger charge is -2.58. The van der Waals surface area contributed by atoms with E-state index in [0.29, 0.717) is 30.5 Å². The Morgan fingerprint density at radius 2 is 1.52 bits per heavy atom.